The molecule has 4 aromatic rings. The Hall–Kier alpha value is -2.92. The highest BCUT2D eigenvalue weighted by Gasteiger charge is 2.18. The van der Waals surface area contributed by atoms with Gasteiger partial charge in [0.1, 0.15) is 17.1 Å². The van der Waals surface area contributed by atoms with E-state index in [0.717, 1.165) is 47.1 Å². The monoisotopic (exact) mass is 375 g/mol. The summed E-state index contributed by atoms with van der Waals surface area (Å²) >= 11 is 0. The van der Waals surface area contributed by atoms with Crippen molar-refractivity contribution in [3.8, 4) is 5.75 Å². The fourth-order valence-electron chi connectivity index (χ4n) is 4.27. The number of aromatic nitrogens is 2. The average Bonchev–Trinajstić information content (AvgIpc) is 3.35. The van der Waals surface area contributed by atoms with Gasteiger partial charge in [-0.3, -0.25) is 9.88 Å². The smallest absolute Gasteiger partial charge is 0.146 e. The van der Waals surface area contributed by atoms with Crippen molar-refractivity contribution in [1.82, 2.24) is 14.5 Å². The van der Waals surface area contributed by atoms with Crippen molar-refractivity contribution in [3.05, 3.63) is 71.8 Å². The molecule has 1 aliphatic rings. The van der Waals surface area contributed by atoms with Crippen LogP contribution in [-0.2, 0) is 13.1 Å². The molecule has 5 heteroatoms. The molecular weight excluding hydrogens is 353 g/mol. The minimum absolute atomic E-state index is 0.237. The van der Waals surface area contributed by atoms with E-state index in [1.165, 1.54) is 18.9 Å². The van der Waals surface area contributed by atoms with E-state index < -0.39 is 0 Å². The number of likely N-dealkylation sites (tertiary alicyclic amines) is 1. The van der Waals surface area contributed by atoms with E-state index in [4.69, 9.17) is 0 Å². The first kappa shape index (κ1) is 17.2. The maximum absolute atomic E-state index is 13.8. The lowest BCUT2D eigenvalue weighted by Gasteiger charge is -2.18. The fourth-order valence-corrected chi connectivity index (χ4v) is 4.27. The van der Waals surface area contributed by atoms with Crippen molar-refractivity contribution in [2.24, 2.45) is 0 Å². The SMILES string of the molecule is Oc1c(CN2CCCC2)cc(Cn2ccc3ccc(F)cc32)c2cccnc12. The molecule has 0 atom stereocenters. The molecule has 0 saturated carbocycles. The molecule has 5 rings (SSSR count). The van der Waals surface area contributed by atoms with E-state index in [9.17, 15) is 9.50 Å². The van der Waals surface area contributed by atoms with E-state index in [0.29, 0.717) is 12.1 Å². The Morgan fingerprint density at radius 2 is 1.86 bits per heavy atom. The van der Waals surface area contributed by atoms with Crippen molar-refractivity contribution >= 4 is 21.8 Å². The molecule has 4 nitrogen and oxygen atoms in total. The molecule has 0 bridgehead atoms. The highest BCUT2D eigenvalue weighted by Crippen LogP contribution is 2.32. The van der Waals surface area contributed by atoms with Gasteiger partial charge in [-0.15, -0.1) is 0 Å². The van der Waals surface area contributed by atoms with Crippen LogP contribution in [0.25, 0.3) is 21.8 Å². The van der Waals surface area contributed by atoms with Gasteiger partial charge in [-0.05, 0) is 73.3 Å². The minimum atomic E-state index is -0.237. The summed E-state index contributed by atoms with van der Waals surface area (Å²) in [6.45, 7) is 3.46. The maximum atomic E-state index is 13.8. The third-order valence-electron chi connectivity index (χ3n) is 5.70. The van der Waals surface area contributed by atoms with Gasteiger partial charge in [0.25, 0.3) is 0 Å². The minimum Gasteiger partial charge on any atom is -0.505 e. The van der Waals surface area contributed by atoms with Gasteiger partial charge < -0.3 is 9.67 Å². The highest BCUT2D eigenvalue weighted by molar-refractivity contribution is 5.89. The number of halogens is 1. The second-order valence-electron chi connectivity index (χ2n) is 7.57. The first-order valence-corrected chi connectivity index (χ1v) is 9.74. The van der Waals surface area contributed by atoms with Gasteiger partial charge >= 0.3 is 0 Å². The van der Waals surface area contributed by atoms with Crippen molar-refractivity contribution in [2.75, 3.05) is 13.1 Å². The highest BCUT2D eigenvalue weighted by atomic mass is 19.1. The summed E-state index contributed by atoms with van der Waals surface area (Å²) in [5.74, 6) is 0.0362. The van der Waals surface area contributed by atoms with Crippen LogP contribution in [0, 0.1) is 5.82 Å². The number of pyridine rings is 1. The molecule has 28 heavy (non-hydrogen) atoms. The molecule has 3 heterocycles. The van der Waals surface area contributed by atoms with Crippen molar-refractivity contribution in [2.45, 2.75) is 25.9 Å². The van der Waals surface area contributed by atoms with Crippen molar-refractivity contribution in [1.29, 1.82) is 0 Å². The van der Waals surface area contributed by atoms with Gasteiger partial charge in [0, 0.05) is 36.4 Å². The van der Waals surface area contributed by atoms with Gasteiger partial charge in [-0.25, -0.2) is 4.39 Å². The predicted octanol–water partition coefficient (Wildman–Crippen LogP) is 4.68. The van der Waals surface area contributed by atoms with Crippen LogP contribution in [0.5, 0.6) is 5.75 Å². The van der Waals surface area contributed by atoms with E-state index in [1.54, 1.807) is 18.3 Å². The van der Waals surface area contributed by atoms with Crippen LogP contribution >= 0.6 is 0 Å². The van der Waals surface area contributed by atoms with Gasteiger partial charge in [0.05, 0.1) is 5.52 Å². The maximum Gasteiger partial charge on any atom is 0.146 e. The Kier molecular flexibility index (Phi) is 4.24. The zero-order valence-electron chi connectivity index (χ0n) is 15.6. The Morgan fingerprint density at radius 1 is 1.00 bits per heavy atom. The van der Waals surface area contributed by atoms with E-state index in [-0.39, 0.29) is 11.6 Å². The van der Waals surface area contributed by atoms with Gasteiger partial charge in [0.15, 0.2) is 0 Å². The summed E-state index contributed by atoms with van der Waals surface area (Å²) in [6.07, 6.45) is 6.12. The quantitative estimate of drug-likeness (QED) is 0.563. The Bertz CT molecular complexity index is 1160. The van der Waals surface area contributed by atoms with Crippen LogP contribution in [0.15, 0.2) is 54.9 Å². The zero-order chi connectivity index (χ0) is 19.1. The molecule has 0 unspecified atom stereocenters. The summed E-state index contributed by atoms with van der Waals surface area (Å²) in [5.41, 5.74) is 3.49. The molecule has 0 aliphatic carbocycles. The molecule has 0 spiro atoms. The Balaban J connectivity index is 1.60. The first-order chi connectivity index (χ1) is 13.7. The molecule has 1 N–H and O–H groups in total. The summed E-state index contributed by atoms with van der Waals surface area (Å²) in [5, 5.41) is 12.8. The molecule has 142 valence electrons. The number of hydrogen-bond acceptors (Lipinski definition) is 3. The summed E-state index contributed by atoms with van der Waals surface area (Å²) in [4.78, 5) is 6.81. The number of benzene rings is 2. The lowest BCUT2D eigenvalue weighted by molar-refractivity contribution is 0.324. The summed E-state index contributed by atoms with van der Waals surface area (Å²) in [6, 6.07) is 12.8. The fraction of sp³-hybridized carbons (Fsp3) is 0.261. The average molecular weight is 375 g/mol. The zero-order valence-corrected chi connectivity index (χ0v) is 15.6. The number of rotatable bonds is 4. The lowest BCUT2D eigenvalue weighted by Crippen LogP contribution is -2.18. The second-order valence-corrected chi connectivity index (χ2v) is 7.57. The molecule has 1 saturated heterocycles. The molecule has 2 aromatic carbocycles. The lowest BCUT2D eigenvalue weighted by atomic mass is 10.0. The van der Waals surface area contributed by atoms with Gasteiger partial charge in [-0.2, -0.15) is 0 Å². The molecule has 0 radical (unpaired) electrons. The Morgan fingerprint density at radius 3 is 2.71 bits per heavy atom. The van der Waals surface area contributed by atoms with Crippen molar-refractivity contribution in [3.63, 3.8) is 0 Å². The first-order valence-electron chi connectivity index (χ1n) is 9.74. The van der Waals surface area contributed by atoms with Crippen LogP contribution in [0.1, 0.15) is 24.0 Å². The summed E-state index contributed by atoms with van der Waals surface area (Å²) < 4.78 is 15.8. The third-order valence-corrected chi connectivity index (χ3v) is 5.70. The van der Waals surface area contributed by atoms with Crippen molar-refractivity contribution < 1.29 is 9.50 Å². The third kappa shape index (κ3) is 3.02. The molecule has 0 amide bonds. The van der Waals surface area contributed by atoms with Gasteiger partial charge in [-0.1, -0.05) is 6.07 Å². The Labute approximate surface area is 162 Å². The predicted molar refractivity (Wildman–Crippen MR) is 109 cm³/mol. The number of phenols is 1. The molecule has 1 fully saturated rings. The number of hydrogen-bond donors (Lipinski definition) is 1. The summed E-state index contributed by atoms with van der Waals surface area (Å²) in [7, 11) is 0. The van der Waals surface area contributed by atoms with Crippen LogP contribution in [0.4, 0.5) is 4.39 Å². The standard InChI is InChI=1S/C23H22FN3O/c24-19-6-5-16-7-11-27(21(16)13-19)15-17-12-18(14-26-9-1-2-10-26)23(28)22-20(17)4-3-8-25-22/h3-8,11-13,28H,1-2,9-10,14-15H2. The number of fused-ring (bicyclic) bond motifs is 2. The van der Waals surface area contributed by atoms with Crippen LogP contribution in [-0.4, -0.2) is 32.6 Å². The van der Waals surface area contributed by atoms with Crippen LogP contribution in [0.2, 0.25) is 0 Å². The largest absolute Gasteiger partial charge is 0.505 e. The number of phenolic OH excluding ortho intramolecular Hbond substituents is 1. The topological polar surface area (TPSA) is 41.3 Å². The molecule has 2 aromatic heterocycles. The van der Waals surface area contributed by atoms with Crippen LogP contribution in [0.3, 0.4) is 0 Å². The normalized spacial score (nSPS) is 15.0. The van der Waals surface area contributed by atoms with E-state index in [2.05, 4.69) is 20.5 Å². The molecular formula is C23H22FN3O. The number of nitrogens with zero attached hydrogens (tertiary/aromatic N) is 3. The van der Waals surface area contributed by atoms with Crippen LogP contribution < -0.4 is 0 Å². The van der Waals surface area contributed by atoms with E-state index >= 15 is 0 Å². The second kappa shape index (κ2) is 6.91. The van der Waals surface area contributed by atoms with Gasteiger partial charge in [0.2, 0.25) is 0 Å². The number of aromatic hydroxyl groups is 1. The molecule has 1 aliphatic heterocycles. The van der Waals surface area contributed by atoms with E-state index in [1.807, 2.05) is 24.4 Å².